The van der Waals surface area contributed by atoms with Crippen LogP contribution in [-0.4, -0.2) is 38.4 Å². The van der Waals surface area contributed by atoms with Gasteiger partial charge in [-0.05, 0) is 52.6 Å². The normalized spacial score (nSPS) is 21.4. The van der Waals surface area contributed by atoms with Gasteiger partial charge in [-0.25, -0.2) is 0 Å². The molecule has 2 N–H and O–H groups in total. The molecule has 90 valence electrons. The molecule has 15 heavy (non-hydrogen) atoms. The van der Waals surface area contributed by atoms with Gasteiger partial charge in [0.15, 0.2) is 0 Å². The third-order valence-corrected chi connectivity index (χ3v) is 2.75. The van der Waals surface area contributed by atoms with E-state index in [-0.39, 0.29) is 0 Å². The summed E-state index contributed by atoms with van der Waals surface area (Å²) in [4.78, 5) is 0. The maximum Gasteiger partial charge on any atom is 0.0518 e. The summed E-state index contributed by atoms with van der Waals surface area (Å²) in [6.07, 6.45) is 5.45. The zero-order valence-corrected chi connectivity index (χ0v) is 10.2. The molecule has 1 aliphatic heterocycles. The van der Waals surface area contributed by atoms with Crippen LogP contribution in [0.4, 0.5) is 0 Å². The summed E-state index contributed by atoms with van der Waals surface area (Å²) in [5.41, 5.74) is 0. The first-order chi connectivity index (χ1) is 7.29. The number of ether oxygens (including phenoxy) is 1. The molecule has 0 radical (unpaired) electrons. The lowest BCUT2D eigenvalue weighted by molar-refractivity contribution is 0.0760. The third-order valence-electron chi connectivity index (χ3n) is 2.75. The van der Waals surface area contributed by atoms with E-state index in [0.29, 0.717) is 6.10 Å². The highest BCUT2D eigenvalue weighted by Gasteiger charge is 2.12. The number of hydrogen-bond acceptors (Lipinski definition) is 3. The van der Waals surface area contributed by atoms with Crippen molar-refractivity contribution >= 4 is 0 Å². The monoisotopic (exact) mass is 214 g/mol. The molecule has 3 heteroatoms. The Hall–Kier alpha value is -0.120. The number of hydrogen-bond donors (Lipinski definition) is 2. The van der Waals surface area contributed by atoms with Crippen LogP contribution in [0.5, 0.6) is 0 Å². The van der Waals surface area contributed by atoms with E-state index in [2.05, 4.69) is 24.5 Å². The number of unbranched alkanes of at least 4 members (excludes halogenated alkanes) is 1. The molecule has 0 aromatic carbocycles. The fourth-order valence-corrected chi connectivity index (χ4v) is 1.88. The molecule has 1 heterocycles. The van der Waals surface area contributed by atoms with Gasteiger partial charge >= 0.3 is 0 Å². The zero-order valence-electron chi connectivity index (χ0n) is 10.2. The Balaban J connectivity index is 1.76. The van der Waals surface area contributed by atoms with Crippen molar-refractivity contribution in [1.29, 1.82) is 0 Å². The van der Waals surface area contributed by atoms with Crippen LogP contribution in [0, 0.1) is 0 Å². The van der Waals surface area contributed by atoms with Gasteiger partial charge < -0.3 is 15.4 Å². The van der Waals surface area contributed by atoms with E-state index in [0.717, 1.165) is 25.7 Å². The summed E-state index contributed by atoms with van der Waals surface area (Å²) >= 11 is 0. The smallest absolute Gasteiger partial charge is 0.0518 e. The van der Waals surface area contributed by atoms with E-state index >= 15 is 0 Å². The molecule has 0 aromatic rings. The maximum absolute atomic E-state index is 5.48. The summed E-state index contributed by atoms with van der Waals surface area (Å²) < 4.78 is 5.48. The van der Waals surface area contributed by atoms with E-state index in [9.17, 15) is 0 Å². The van der Waals surface area contributed by atoms with Crippen LogP contribution in [0.2, 0.25) is 0 Å². The van der Waals surface area contributed by atoms with Gasteiger partial charge in [0.25, 0.3) is 0 Å². The molecule has 3 nitrogen and oxygen atoms in total. The lowest BCUT2D eigenvalue weighted by Gasteiger charge is -2.11. The van der Waals surface area contributed by atoms with Gasteiger partial charge in [-0.15, -0.1) is 0 Å². The molecule has 1 saturated heterocycles. The summed E-state index contributed by atoms with van der Waals surface area (Å²) in [6.45, 7) is 8.54. The van der Waals surface area contributed by atoms with Crippen molar-refractivity contribution in [2.45, 2.75) is 51.7 Å². The van der Waals surface area contributed by atoms with Crippen molar-refractivity contribution in [3.05, 3.63) is 0 Å². The van der Waals surface area contributed by atoms with Gasteiger partial charge in [-0.2, -0.15) is 0 Å². The molecule has 0 saturated carbocycles. The molecule has 1 aliphatic rings. The van der Waals surface area contributed by atoms with Gasteiger partial charge in [-0.1, -0.05) is 0 Å². The van der Waals surface area contributed by atoms with E-state index < -0.39 is 0 Å². The van der Waals surface area contributed by atoms with Crippen molar-refractivity contribution in [3.8, 4) is 0 Å². The Morgan fingerprint density at radius 1 is 1.40 bits per heavy atom. The highest BCUT2D eigenvalue weighted by atomic mass is 16.5. The first-order valence-electron chi connectivity index (χ1n) is 6.34. The lowest BCUT2D eigenvalue weighted by atomic mass is 10.2. The van der Waals surface area contributed by atoms with E-state index in [4.69, 9.17) is 4.74 Å². The number of nitrogens with one attached hydrogen (secondary N) is 2. The zero-order chi connectivity index (χ0) is 10.9. The van der Waals surface area contributed by atoms with Crippen LogP contribution in [0.25, 0.3) is 0 Å². The molecule has 1 fully saturated rings. The topological polar surface area (TPSA) is 33.3 Å². The summed E-state index contributed by atoms with van der Waals surface area (Å²) in [6, 6.07) is 0.719. The molecule has 0 amide bonds. The fraction of sp³-hybridized carbons (Fsp3) is 1.00. The highest BCUT2D eigenvalue weighted by molar-refractivity contribution is 4.75. The third kappa shape index (κ3) is 6.88. The van der Waals surface area contributed by atoms with Crippen LogP contribution < -0.4 is 10.6 Å². The van der Waals surface area contributed by atoms with Crippen molar-refractivity contribution < 1.29 is 4.74 Å². The Kier molecular flexibility index (Phi) is 6.98. The molecule has 0 aromatic heterocycles. The largest absolute Gasteiger partial charge is 0.379 e. The van der Waals surface area contributed by atoms with Gasteiger partial charge in [0, 0.05) is 19.2 Å². The van der Waals surface area contributed by atoms with Crippen LogP contribution in [0.3, 0.4) is 0 Å². The maximum atomic E-state index is 5.48. The molecule has 1 atom stereocenters. The van der Waals surface area contributed by atoms with E-state index in [1.165, 1.54) is 32.2 Å². The molecule has 0 bridgehead atoms. The fourth-order valence-electron chi connectivity index (χ4n) is 1.88. The average molecular weight is 214 g/mol. The Morgan fingerprint density at radius 3 is 2.93 bits per heavy atom. The summed E-state index contributed by atoms with van der Waals surface area (Å²) in [7, 11) is 0. The highest BCUT2D eigenvalue weighted by Crippen LogP contribution is 2.03. The second-order valence-corrected chi connectivity index (χ2v) is 4.62. The van der Waals surface area contributed by atoms with Gasteiger partial charge in [0.1, 0.15) is 0 Å². The van der Waals surface area contributed by atoms with E-state index in [1.54, 1.807) is 0 Å². The van der Waals surface area contributed by atoms with E-state index in [1.807, 2.05) is 0 Å². The molecule has 1 rings (SSSR count). The first kappa shape index (κ1) is 12.9. The van der Waals surface area contributed by atoms with Crippen LogP contribution in [0.1, 0.15) is 39.5 Å². The molecule has 1 unspecified atom stereocenters. The van der Waals surface area contributed by atoms with Crippen LogP contribution in [-0.2, 0) is 4.74 Å². The minimum Gasteiger partial charge on any atom is -0.379 e. The Labute approximate surface area is 94.0 Å². The Morgan fingerprint density at radius 2 is 2.27 bits per heavy atom. The molecular weight excluding hydrogens is 188 g/mol. The van der Waals surface area contributed by atoms with Gasteiger partial charge in [0.05, 0.1) is 6.10 Å². The SMILES string of the molecule is CC(C)OCCCCNCC1CCCN1. The molecule has 0 aliphatic carbocycles. The summed E-state index contributed by atoms with van der Waals surface area (Å²) in [5, 5.41) is 6.98. The minimum absolute atomic E-state index is 0.376. The summed E-state index contributed by atoms with van der Waals surface area (Å²) in [5.74, 6) is 0. The minimum atomic E-state index is 0.376. The van der Waals surface area contributed by atoms with Crippen molar-refractivity contribution in [3.63, 3.8) is 0 Å². The van der Waals surface area contributed by atoms with Crippen molar-refractivity contribution in [2.24, 2.45) is 0 Å². The predicted molar refractivity (Wildman–Crippen MR) is 64.2 cm³/mol. The Bertz CT molecular complexity index is 145. The second-order valence-electron chi connectivity index (χ2n) is 4.62. The number of rotatable bonds is 8. The standard InChI is InChI=1S/C12H26N2O/c1-11(2)15-9-4-3-7-13-10-12-6-5-8-14-12/h11-14H,3-10H2,1-2H3. The van der Waals surface area contributed by atoms with Gasteiger partial charge in [0.2, 0.25) is 0 Å². The van der Waals surface area contributed by atoms with Crippen molar-refractivity contribution in [2.75, 3.05) is 26.2 Å². The average Bonchev–Trinajstić information content (AvgIpc) is 2.68. The predicted octanol–water partition coefficient (Wildman–Crippen LogP) is 1.53. The second kappa shape index (κ2) is 8.08. The van der Waals surface area contributed by atoms with Crippen LogP contribution in [0.15, 0.2) is 0 Å². The first-order valence-corrected chi connectivity index (χ1v) is 6.34. The lowest BCUT2D eigenvalue weighted by Crippen LogP contribution is -2.34. The van der Waals surface area contributed by atoms with Gasteiger partial charge in [-0.3, -0.25) is 0 Å². The molecule has 0 spiro atoms. The molecular formula is C12H26N2O. The van der Waals surface area contributed by atoms with Crippen molar-refractivity contribution in [1.82, 2.24) is 10.6 Å². The quantitative estimate of drug-likeness (QED) is 0.601. The van der Waals surface area contributed by atoms with Crippen LogP contribution >= 0.6 is 0 Å².